The number of nitrogens with one attached hydrogen (secondary N) is 2. The van der Waals surface area contributed by atoms with Gasteiger partial charge in [0.25, 0.3) is 11.5 Å². The van der Waals surface area contributed by atoms with Gasteiger partial charge in [0.15, 0.2) is 5.78 Å². The maximum Gasteiger partial charge on any atom is 0.261 e. The number of benzene rings is 1. The summed E-state index contributed by atoms with van der Waals surface area (Å²) in [6, 6.07) is 7.87. The van der Waals surface area contributed by atoms with Crippen molar-refractivity contribution in [1.82, 2.24) is 4.98 Å². The van der Waals surface area contributed by atoms with Gasteiger partial charge in [-0.3, -0.25) is 14.4 Å². The Labute approximate surface area is 148 Å². The fourth-order valence-electron chi connectivity index (χ4n) is 2.93. The number of nitrogens with zero attached hydrogens (tertiary/aromatic N) is 1. The van der Waals surface area contributed by atoms with E-state index < -0.39 is 11.5 Å². The Morgan fingerprint density at radius 1 is 1.36 bits per heavy atom. The van der Waals surface area contributed by atoms with E-state index in [1.807, 2.05) is 13.0 Å². The predicted octanol–water partition coefficient (Wildman–Crippen LogP) is 2.92. The number of hydrogen-bond acceptors (Lipinski definition) is 4. The van der Waals surface area contributed by atoms with E-state index in [-0.39, 0.29) is 33.5 Å². The number of aromatic nitrogens is 1. The molecule has 1 heterocycles. The molecule has 0 fully saturated rings. The van der Waals surface area contributed by atoms with Crippen molar-refractivity contribution in [2.24, 2.45) is 5.92 Å². The van der Waals surface area contributed by atoms with E-state index in [4.69, 9.17) is 16.9 Å². The van der Waals surface area contributed by atoms with Crippen LogP contribution in [0.4, 0.5) is 5.69 Å². The van der Waals surface area contributed by atoms with E-state index in [1.54, 1.807) is 6.07 Å². The third-order valence-electron chi connectivity index (χ3n) is 4.13. The van der Waals surface area contributed by atoms with E-state index in [9.17, 15) is 14.4 Å². The van der Waals surface area contributed by atoms with Crippen molar-refractivity contribution in [1.29, 1.82) is 5.26 Å². The Morgan fingerprint density at radius 2 is 2.12 bits per heavy atom. The average Bonchev–Trinajstić information content (AvgIpc) is 2.54. The first-order valence-corrected chi connectivity index (χ1v) is 8.08. The number of pyridine rings is 1. The van der Waals surface area contributed by atoms with Crippen molar-refractivity contribution in [2.75, 3.05) is 5.32 Å². The minimum absolute atomic E-state index is 0.0977. The highest BCUT2D eigenvalue weighted by molar-refractivity contribution is 6.32. The molecule has 7 heteroatoms. The maximum absolute atomic E-state index is 12.5. The fourth-order valence-corrected chi connectivity index (χ4v) is 3.14. The molecule has 1 atom stereocenters. The SMILES string of the molecule is CC1CC(=O)c2cc(C(=O)Nc3cccc(Cl)c3C#N)c(=O)[nH]c2C1. The number of carbonyl (C=O) groups is 2. The molecule has 0 radical (unpaired) electrons. The zero-order valence-corrected chi connectivity index (χ0v) is 14.1. The second-order valence-electron chi connectivity index (χ2n) is 6.07. The van der Waals surface area contributed by atoms with Crippen molar-refractivity contribution < 1.29 is 9.59 Å². The van der Waals surface area contributed by atoms with Crippen LogP contribution >= 0.6 is 11.6 Å². The molecular formula is C18H14ClN3O3. The van der Waals surface area contributed by atoms with Crippen LogP contribution in [-0.2, 0) is 6.42 Å². The quantitative estimate of drug-likeness (QED) is 0.864. The summed E-state index contributed by atoms with van der Waals surface area (Å²) in [5, 5.41) is 11.9. The van der Waals surface area contributed by atoms with E-state index in [0.29, 0.717) is 24.1 Å². The van der Waals surface area contributed by atoms with Gasteiger partial charge in [0.1, 0.15) is 11.6 Å². The van der Waals surface area contributed by atoms with Crippen LogP contribution in [0.3, 0.4) is 0 Å². The first-order chi connectivity index (χ1) is 11.9. The fraction of sp³-hybridized carbons (Fsp3) is 0.222. The molecular weight excluding hydrogens is 342 g/mol. The largest absolute Gasteiger partial charge is 0.325 e. The highest BCUT2D eigenvalue weighted by Crippen LogP contribution is 2.25. The number of carbonyl (C=O) groups excluding carboxylic acids is 2. The third kappa shape index (κ3) is 3.19. The molecule has 0 saturated heterocycles. The zero-order chi connectivity index (χ0) is 18.1. The Hall–Kier alpha value is -2.91. The summed E-state index contributed by atoms with van der Waals surface area (Å²) in [5.74, 6) is -0.645. The van der Waals surface area contributed by atoms with Gasteiger partial charge in [-0.25, -0.2) is 0 Å². The topological polar surface area (TPSA) is 103 Å². The molecule has 3 rings (SSSR count). The molecule has 1 unspecified atom stereocenters. The normalized spacial score (nSPS) is 16.0. The number of H-pyrrole nitrogens is 1. The average molecular weight is 356 g/mol. The third-order valence-corrected chi connectivity index (χ3v) is 4.44. The Balaban J connectivity index is 1.98. The minimum Gasteiger partial charge on any atom is -0.325 e. The van der Waals surface area contributed by atoms with Crippen LogP contribution in [0, 0.1) is 17.2 Å². The predicted molar refractivity (Wildman–Crippen MR) is 93.0 cm³/mol. The molecule has 0 aliphatic heterocycles. The van der Waals surface area contributed by atoms with Crippen molar-refractivity contribution in [3.8, 4) is 6.07 Å². The summed E-state index contributed by atoms with van der Waals surface area (Å²) in [6.45, 7) is 1.93. The molecule has 1 aliphatic carbocycles. The van der Waals surface area contributed by atoms with Gasteiger partial charge in [-0.1, -0.05) is 24.6 Å². The molecule has 2 aromatic rings. The first-order valence-electron chi connectivity index (χ1n) is 7.70. The van der Waals surface area contributed by atoms with Gasteiger partial charge in [0.05, 0.1) is 16.3 Å². The lowest BCUT2D eigenvalue weighted by molar-refractivity contribution is 0.0952. The number of fused-ring (bicyclic) bond motifs is 1. The molecule has 1 amide bonds. The molecule has 1 aliphatic rings. The molecule has 6 nitrogen and oxygen atoms in total. The van der Waals surface area contributed by atoms with Gasteiger partial charge in [0, 0.05) is 17.7 Å². The summed E-state index contributed by atoms with van der Waals surface area (Å²) in [5.41, 5.74) is 0.498. The molecule has 1 aromatic heterocycles. The van der Waals surface area contributed by atoms with Crippen LogP contribution in [0.2, 0.25) is 5.02 Å². The summed E-state index contributed by atoms with van der Waals surface area (Å²) >= 11 is 5.93. The maximum atomic E-state index is 12.5. The lowest BCUT2D eigenvalue weighted by Gasteiger charge is -2.20. The van der Waals surface area contributed by atoms with Crippen LogP contribution in [0.15, 0.2) is 29.1 Å². The number of amides is 1. The van der Waals surface area contributed by atoms with Crippen LogP contribution in [-0.4, -0.2) is 16.7 Å². The zero-order valence-electron chi connectivity index (χ0n) is 13.4. The van der Waals surface area contributed by atoms with Crippen molar-refractivity contribution >= 4 is 29.0 Å². The summed E-state index contributed by atoms with van der Waals surface area (Å²) in [6.07, 6.45) is 0.970. The van der Waals surface area contributed by atoms with E-state index in [2.05, 4.69) is 10.3 Å². The number of aromatic amines is 1. The molecule has 126 valence electrons. The molecule has 1 aromatic carbocycles. The van der Waals surface area contributed by atoms with Crippen LogP contribution in [0.25, 0.3) is 0 Å². The van der Waals surface area contributed by atoms with Crippen LogP contribution < -0.4 is 10.9 Å². The summed E-state index contributed by atoms with van der Waals surface area (Å²) < 4.78 is 0. The molecule has 0 bridgehead atoms. The van der Waals surface area contributed by atoms with Gasteiger partial charge in [-0.05, 0) is 30.5 Å². The van der Waals surface area contributed by atoms with E-state index >= 15 is 0 Å². The lowest BCUT2D eigenvalue weighted by Crippen LogP contribution is -2.29. The Morgan fingerprint density at radius 3 is 2.84 bits per heavy atom. The number of nitriles is 1. The van der Waals surface area contributed by atoms with E-state index in [1.165, 1.54) is 18.2 Å². The monoisotopic (exact) mass is 355 g/mol. The second-order valence-corrected chi connectivity index (χ2v) is 6.48. The molecule has 0 saturated carbocycles. The number of Topliss-reactive ketones (excluding diaryl/α,β-unsaturated/α-hetero) is 1. The highest BCUT2D eigenvalue weighted by Gasteiger charge is 2.26. The Kier molecular flexibility index (Phi) is 4.43. The van der Waals surface area contributed by atoms with Gasteiger partial charge in [-0.2, -0.15) is 5.26 Å². The number of halogens is 1. The standard InChI is InChI=1S/C18H14ClN3O3/c1-9-5-15-10(16(23)6-9)7-11(18(25)22-15)17(24)21-14-4-2-3-13(19)12(14)8-20/h2-4,7,9H,5-6H2,1H3,(H,21,24)(H,22,25). The lowest BCUT2D eigenvalue weighted by atomic mass is 9.86. The number of anilines is 1. The Bertz CT molecular complexity index is 988. The van der Waals surface area contributed by atoms with Crippen molar-refractivity contribution in [3.05, 3.63) is 62.0 Å². The van der Waals surface area contributed by atoms with E-state index in [0.717, 1.165) is 0 Å². The molecule has 25 heavy (non-hydrogen) atoms. The molecule has 2 N–H and O–H groups in total. The first kappa shape index (κ1) is 16.9. The van der Waals surface area contributed by atoms with Gasteiger partial charge < -0.3 is 10.3 Å². The van der Waals surface area contributed by atoms with Gasteiger partial charge in [0.2, 0.25) is 0 Å². The highest BCUT2D eigenvalue weighted by atomic mass is 35.5. The smallest absolute Gasteiger partial charge is 0.261 e. The van der Waals surface area contributed by atoms with Gasteiger partial charge >= 0.3 is 0 Å². The molecule has 0 spiro atoms. The number of rotatable bonds is 2. The van der Waals surface area contributed by atoms with Crippen LogP contribution in [0.1, 0.15) is 45.3 Å². The van der Waals surface area contributed by atoms with Gasteiger partial charge in [-0.15, -0.1) is 0 Å². The van der Waals surface area contributed by atoms with Crippen molar-refractivity contribution in [2.45, 2.75) is 19.8 Å². The summed E-state index contributed by atoms with van der Waals surface area (Å²) in [4.78, 5) is 39.5. The minimum atomic E-state index is -0.700. The number of hydrogen-bond donors (Lipinski definition) is 2. The number of ketones is 1. The van der Waals surface area contributed by atoms with Crippen molar-refractivity contribution in [3.63, 3.8) is 0 Å². The van der Waals surface area contributed by atoms with Crippen LogP contribution in [0.5, 0.6) is 0 Å². The second kappa shape index (κ2) is 6.54. The summed E-state index contributed by atoms with van der Waals surface area (Å²) in [7, 11) is 0.